The van der Waals surface area contributed by atoms with Gasteiger partial charge >= 0.3 is 5.97 Å². The molecule has 27 heavy (non-hydrogen) atoms. The Morgan fingerprint density at radius 2 is 1.96 bits per heavy atom. The molecular weight excluding hydrogens is 352 g/mol. The summed E-state index contributed by atoms with van der Waals surface area (Å²) in [7, 11) is 0. The fourth-order valence-electron chi connectivity index (χ4n) is 4.10. The van der Waals surface area contributed by atoms with Gasteiger partial charge in [-0.3, -0.25) is 14.4 Å². The summed E-state index contributed by atoms with van der Waals surface area (Å²) >= 11 is 0. The van der Waals surface area contributed by atoms with Crippen molar-refractivity contribution in [1.82, 2.24) is 4.90 Å². The predicted octanol–water partition coefficient (Wildman–Crippen LogP) is 1.28. The zero-order chi connectivity index (χ0) is 19.0. The quantitative estimate of drug-likeness (QED) is 0.853. The van der Waals surface area contributed by atoms with E-state index >= 15 is 0 Å². The largest absolute Gasteiger partial charge is 0.486 e. The fourth-order valence-corrected chi connectivity index (χ4v) is 4.10. The molecule has 8 nitrogen and oxygen atoms in total. The Morgan fingerprint density at radius 3 is 2.74 bits per heavy atom. The van der Waals surface area contributed by atoms with E-state index in [-0.39, 0.29) is 30.7 Å². The average molecular weight is 374 g/mol. The number of amides is 2. The number of anilines is 1. The normalized spacial score (nSPS) is 24.4. The van der Waals surface area contributed by atoms with Gasteiger partial charge in [-0.15, -0.1) is 0 Å². The van der Waals surface area contributed by atoms with Crippen LogP contribution >= 0.6 is 0 Å². The molecule has 0 saturated carbocycles. The van der Waals surface area contributed by atoms with Crippen LogP contribution in [-0.4, -0.2) is 60.1 Å². The lowest BCUT2D eigenvalue weighted by Crippen LogP contribution is -2.41. The van der Waals surface area contributed by atoms with Gasteiger partial charge in [0.15, 0.2) is 11.5 Å². The number of hydrogen-bond donors (Lipinski definition) is 1. The van der Waals surface area contributed by atoms with Crippen LogP contribution in [0.3, 0.4) is 0 Å². The zero-order valence-corrected chi connectivity index (χ0v) is 14.9. The number of hydrogen-bond acceptors (Lipinski definition) is 5. The molecule has 0 spiro atoms. The van der Waals surface area contributed by atoms with E-state index in [1.165, 1.54) is 0 Å². The molecule has 144 valence electrons. The number of nitrogens with zero attached hydrogens (tertiary/aromatic N) is 2. The second-order valence-electron chi connectivity index (χ2n) is 7.16. The van der Waals surface area contributed by atoms with Crippen LogP contribution in [0.5, 0.6) is 11.5 Å². The van der Waals surface area contributed by atoms with Crippen LogP contribution in [0.25, 0.3) is 0 Å². The summed E-state index contributed by atoms with van der Waals surface area (Å²) in [6.07, 6.45) is 1.60. The van der Waals surface area contributed by atoms with Crippen LogP contribution in [-0.2, 0) is 14.4 Å². The van der Waals surface area contributed by atoms with Gasteiger partial charge in [0.2, 0.25) is 11.8 Å². The van der Waals surface area contributed by atoms with E-state index in [1.807, 2.05) is 0 Å². The van der Waals surface area contributed by atoms with Gasteiger partial charge < -0.3 is 24.4 Å². The second-order valence-corrected chi connectivity index (χ2v) is 7.16. The molecule has 2 fully saturated rings. The Kier molecular flexibility index (Phi) is 4.63. The summed E-state index contributed by atoms with van der Waals surface area (Å²) in [5.74, 6) is -0.327. The van der Waals surface area contributed by atoms with Crippen molar-refractivity contribution in [1.29, 1.82) is 0 Å². The molecule has 0 bridgehead atoms. The molecule has 2 unspecified atom stereocenters. The molecule has 0 aliphatic carbocycles. The van der Waals surface area contributed by atoms with Crippen molar-refractivity contribution in [3.8, 4) is 11.5 Å². The molecule has 2 atom stereocenters. The van der Waals surface area contributed by atoms with E-state index < -0.39 is 11.9 Å². The lowest BCUT2D eigenvalue weighted by atomic mass is 10.1. The minimum Gasteiger partial charge on any atom is -0.486 e. The van der Waals surface area contributed by atoms with Crippen LogP contribution in [0.2, 0.25) is 0 Å². The number of carboxylic acids is 1. The molecule has 1 N–H and O–H groups in total. The molecule has 3 aliphatic heterocycles. The maximum absolute atomic E-state index is 12.9. The van der Waals surface area contributed by atoms with Crippen molar-refractivity contribution < 1.29 is 29.0 Å². The van der Waals surface area contributed by atoms with Crippen molar-refractivity contribution in [2.24, 2.45) is 5.92 Å². The van der Waals surface area contributed by atoms with Crippen molar-refractivity contribution in [2.45, 2.75) is 31.7 Å². The topological polar surface area (TPSA) is 96.4 Å². The van der Waals surface area contributed by atoms with E-state index in [9.17, 15) is 14.4 Å². The van der Waals surface area contributed by atoms with Gasteiger partial charge in [0.1, 0.15) is 13.2 Å². The molecular formula is C19H22N2O6. The number of carboxylic acid groups (broad SMARTS) is 1. The summed E-state index contributed by atoms with van der Waals surface area (Å²) in [6.45, 7) is 1.82. The van der Waals surface area contributed by atoms with Gasteiger partial charge in [-0.2, -0.15) is 0 Å². The number of aliphatic carboxylic acids is 1. The first kappa shape index (κ1) is 17.6. The third kappa shape index (κ3) is 3.43. The van der Waals surface area contributed by atoms with Crippen LogP contribution in [0, 0.1) is 5.92 Å². The molecule has 0 aromatic heterocycles. The molecule has 2 amide bonds. The summed E-state index contributed by atoms with van der Waals surface area (Å²) < 4.78 is 11.1. The monoisotopic (exact) mass is 374 g/mol. The number of carbonyl (C=O) groups is 3. The first-order valence-electron chi connectivity index (χ1n) is 9.25. The smallest absolute Gasteiger partial charge is 0.305 e. The van der Waals surface area contributed by atoms with Gasteiger partial charge in [-0.05, 0) is 25.0 Å². The molecule has 4 rings (SSSR count). The number of carbonyl (C=O) groups excluding carboxylic acids is 2. The first-order valence-corrected chi connectivity index (χ1v) is 9.25. The summed E-state index contributed by atoms with van der Waals surface area (Å²) in [5, 5.41) is 9.05. The summed E-state index contributed by atoms with van der Waals surface area (Å²) in [4.78, 5) is 39.7. The Labute approximate surface area is 156 Å². The van der Waals surface area contributed by atoms with Gasteiger partial charge in [-0.1, -0.05) is 0 Å². The number of likely N-dealkylation sites (tertiary alicyclic amines) is 1. The first-order chi connectivity index (χ1) is 13.0. The highest BCUT2D eigenvalue weighted by Gasteiger charge is 2.40. The van der Waals surface area contributed by atoms with E-state index in [0.29, 0.717) is 49.9 Å². The highest BCUT2D eigenvalue weighted by Crippen LogP contribution is 2.36. The van der Waals surface area contributed by atoms with Crippen molar-refractivity contribution in [2.75, 3.05) is 31.2 Å². The van der Waals surface area contributed by atoms with Crippen LogP contribution in [0.15, 0.2) is 18.2 Å². The molecule has 1 aromatic carbocycles. The standard InChI is InChI=1S/C19H22N2O6/c22-17-8-12(19(25)20-5-1-2-13(20)10-18(23)24)11-21(17)14-3-4-15-16(9-14)27-7-6-26-15/h3-4,9,12-13H,1-2,5-8,10-11H2,(H,23,24). The van der Waals surface area contributed by atoms with Gasteiger partial charge in [0.05, 0.1) is 12.3 Å². The van der Waals surface area contributed by atoms with Crippen molar-refractivity contribution >= 4 is 23.5 Å². The van der Waals surface area contributed by atoms with Crippen molar-refractivity contribution in [3.63, 3.8) is 0 Å². The highest BCUT2D eigenvalue weighted by molar-refractivity contribution is 6.00. The van der Waals surface area contributed by atoms with Crippen LogP contribution in [0.1, 0.15) is 25.7 Å². The highest BCUT2D eigenvalue weighted by atomic mass is 16.6. The van der Waals surface area contributed by atoms with Crippen LogP contribution < -0.4 is 14.4 Å². The molecule has 3 aliphatic rings. The minimum atomic E-state index is -0.903. The Morgan fingerprint density at radius 1 is 1.19 bits per heavy atom. The number of fused-ring (bicyclic) bond motifs is 1. The lowest BCUT2D eigenvalue weighted by molar-refractivity contribution is -0.141. The molecule has 0 radical (unpaired) electrons. The third-order valence-corrected chi connectivity index (χ3v) is 5.38. The second kappa shape index (κ2) is 7.09. The Balaban J connectivity index is 1.47. The number of ether oxygens (including phenoxy) is 2. The Bertz CT molecular complexity index is 779. The maximum Gasteiger partial charge on any atom is 0.305 e. The number of benzene rings is 1. The fraction of sp³-hybridized carbons (Fsp3) is 0.526. The van der Waals surface area contributed by atoms with E-state index in [4.69, 9.17) is 14.6 Å². The predicted molar refractivity (Wildman–Crippen MR) is 94.9 cm³/mol. The summed E-state index contributed by atoms with van der Waals surface area (Å²) in [6, 6.07) is 5.06. The number of rotatable bonds is 4. The third-order valence-electron chi connectivity index (χ3n) is 5.38. The van der Waals surface area contributed by atoms with Gasteiger partial charge in [0.25, 0.3) is 0 Å². The minimum absolute atomic E-state index is 0.0434. The molecule has 3 heterocycles. The molecule has 1 aromatic rings. The zero-order valence-electron chi connectivity index (χ0n) is 14.9. The van der Waals surface area contributed by atoms with Gasteiger partial charge in [-0.25, -0.2) is 0 Å². The molecule has 2 saturated heterocycles. The van der Waals surface area contributed by atoms with E-state index in [1.54, 1.807) is 28.0 Å². The van der Waals surface area contributed by atoms with E-state index in [0.717, 1.165) is 6.42 Å². The summed E-state index contributed by atoms with van der Waals surface area (Å²) in [5.41, 5.74) is 0.683. The van der Waals surface area contributed by atoms with Crippen LogP contribution in [0.4, 0.5) is 5.69 Å². The van der Waals surface area contributed by atoms with E-state index in [2.05, 4.69) is 0 Å². The Hall–Kier alpha value is -2.77. The lowest BCUT2D eigenvalue weighted by Gasteiger charge is -2.26. The van der Waals surface area contributed by atoms with Crippen molar-refractivity contribution in [3.05, 3.63) is 18.2 Å². The molecule has 8 heteroatoms. The SMILES string of the molecule is O=C(O)CC1CCCN1C(=O)C1CC(=O)N(c2ccc3c(c2)OCCO3)C1. The van der Waals surface area contributed by atoms with Gasteiger partial charge in [0, 0.05) is 37.3 Å². The average Bonchev–Trinajstić information content (AvgIpc) is 3.27. The maximum atomic E-state index is 12.9.